The van der Waals surface area contributed by atoms with Crippen LogP contribution in [0.1, 0.15) is 45.0 Å². The molecule has 1 aromatic carbocycles. The SMILES string of the molecule is CC(C)(C)c1ccccc1OC1CN(C(=O)CCC(=O)Cc2nn[nH]n2)C1. The zero-order valence-corrected chi connectivity index (χ0v) is 15.9. The molecule has 1 aliphatic heterocycles. The highest BCUT2D eigenvalue weighted by Crippen LogP contribution is 2.32. The number of ether oxygens (including phenoxy) is 1. The van der Waals surface area contributed by atoms with E-state index < -0.39 is 0 Å². The van der Waals surface area contributed by atoms with Gasteiger partial charge in [0.1, 0.15) is 17.6 Å². The van der Waals surface area contributed by atoms with Crippen molar-refractivity contribution in [2.75, 3.05) is 13.1 Å². The van der Waals surface area contributed by atoms with Crippen LogP contribution in [0.3, 0.4) is 0 Å². The first-order chi connectivity index (χ1) is 12.8. The Kier molecular flexibility index (Phi) is 5.53. The number of Topliss-reactive ketones (excluding diaryl/α,β-unsaturated/α-hetero) is 1. The van der Waals surface area contributed by atoms with E-state index in [4.69, 9.17) is 4.74 Å². The molecule has 2 aromatic rings. The second-order valence-corrected chi connectivity index (χ2v) is 7.83. The van der Waals surface area contributed by atoms with Crippen LogP contribution in [0.25, 0.3) is 0 Å². The molecule has 144 valence electrons. The summed E-state index contributed by atoms with van der Waals surface area (Å²) >= 11 is 0. The molecular weight excluding hydrogens is 346 g/mol. The van der Waals surface area contributed by atoms with Gasteiger partial charge in [-0.1, -0.05) is 44.2 Å². The first-order valence-electron chi connectivity index (χ1n) is 9.11. The average molecular weight is 371 g/mol. The number of para-hydroxylation sites is 1. The van der Waals surface area contributed by atoms with Gasteiger partial charge < -0.3 is 9.64 Å². The summed E-state index contributed by atoms with van der Waals surface area (Å²) in [4.78, 5) is 25.8. The Morgan fingerprint density at radius 1 is 1.22 bits per heavy atom. The second kappa shape index (κ2) is 7.85. The first kappa shape index (κ1) is 19.0. The Hall–Kier alpha value is -2.77. The Bertz CT molecular complexity index is 792. The summed E-state index contributed by atoms with van der Waals surface area (Å²) in [6.45, 7) is 7.55. The second-order valence-electron chi connectivity index (χ2n) is 7.83. The molecule has 0 bridgehead atoms. The predicted octanol–water partition coefficient (Wildman–Crippen LogP) is 1.68. The summed E-state index contributed by atoms with van der Waals surface area (Å²) in [5, 5.41) is 13.2. The van der Waals surface area contributed by atoms with E-state index in [9.17, 15) is 9.59 Å². The molecule has 0 spiro atoms. The lowest BCUT2D eigenvalue weighted by Crippen LogP contribution is -2.56. The number of carbonyl (C=O) groups excluding carboxylic acids is 2. The van der Waals surface area contributed by atoms with Gasteiger partial charge in [0.25, 0.3) is 0 Å². The quantitative estimate of drug-likeness (QED) is 0.795. The number of aromatic nitrogens is 4. The van der Waals surface area contributed by atoms with Gasteiger partial charge in [-0.15, -0.1) is 10.2 Å². The van der Waals surface area contributed by atoms with Gasteiger partial charge in [-0.25, -0.2) is 0 Å². The Balaban J connectivity index is 1.43. The topological polar surface area (TPSA) is 101 Å². The van der Waals surface area contributed by atoms with Crippen molar-refractivity contribution >= 4 is 11.7 Å². The third-order valence-electron chi connectivity index (χ3n) is 4.55. The number of aromatic amines is 1. The van der Waals surface area contributed by atoms with Gasteiger partial charge in [-0.3, -0.25) is 9.59 Å². The number of ketones is 1. The van der Waals surface area contributed by atoms with Crippen molar-refractivity contribution in [3.05, 3.63) is 35.7 Å². The minimum atomic E-state index is -0.0721. The summed E-state index contributed by atoms with van der Waals surface area (Å²) in [6, 6.07) is 8.02. The molecule has 1 amide bonds. The van der Waals surface area contributed by atoms with Crippen molar-refractivity contribution < 1.29 is 14.3 Å². The monoisotopic (exact) mass is 371 g/mol. The van der Waals surface area contributed by atoms with E-state index in [2.05, 4.69) is 47.5 Å². The summed E-state index contributed by atoms with van der Waals surface area (Å²) < 4.78 is 6.10. The number of amides is 1. The number of likely N-dealkylation sites (tertiary alicyclic amines) is 1. The van der Waals surface area contributed by atoms with Gasteiger partial charge in [0.2, 0.25) is 5.91 Å². The molecule has 0 aliphatic carbocycles. The van der Waals surface area contributed by atoms with Crippen molar-refractivity contribution in [1.82, 2.24) is 25.5 Å². The lowest BCUT2D eigenvalue weighted by molar-refractivity contribution is -0.141. The number of rotatable bonds is 7. The Labute approximate surface area is 158 Å². The molecule has 0 radical (unpaired) electrons. The average Bonchev–Trinajstić information content (AvgIpc) is 3.08. The molecule has 8 heteroatoms. The highest BCUT2D eigenvalue weighted by molar-refractivity contribution is 5.86. The summed E-state index contributed by atoms with van der Waals surface area (Å²) in [5.41, 5.74) is 1.15. The van der Waals surface area contributed by atoms with Gasteiger partial charge in [-0.05, 0) is 17.0 Å². The van der Waals surface area contributed by atoms with Crippen LogP contribution in [0.4, 0.5) is 0 Å². The van der Waals surface area contributed by atoms with Crippen molar-refractivity contribution in [2.24, 2.45) is 0 Å². The van der Waals surface area contributed by atoms with Crippen molar-refractivity contribution in [2.45, 2.75) is 51.6 Å². The third kappa shape index (κ3) is 4.90. The van der Waals surface area contributed by atoms with E-state index in [1.807, 2.05) is 18.2 Å². The Morgan fingerprint density at radius 2 is 1.96 bits per heavy atom. The predicted molar refractivity (Wildman–Crippen MR) is 98.3 cm³/mol. The molecule has 1 saturated heterocycles. The fourth-order valence-corrected chi connectivity index (χ4v) is 3.01. The van der Waals surface area contributed by atoms with Crippen LogP contribution in [-0.4, -0.2) is 56.4 Å². The Morgan fingerprint density at radius 3 is 2.63 bits per heavy atom. The molecule has 27 heavy (non-hydrogen) atoms. The number of hydrogen-bond acceptors (Lipinski definition) is 6. The molecule has 1 fully saturated rings. The molecule has 0 atom stereocenters. The van der Waals surface area contributed by atoms with Crippen LogP contribution in [-0.2, 0) is 21.4 Å². The molecule has 3 rings (SSSR count). The van der Waals surface area contributed by atoms with E-state index in [1.54, 1.807) is 4.90 Å². The third-order valence-corrected chi connectivity index (χ3v) is 4.55. The van der Waals surface area contributed by atoms with Crippen molar-refractivity contribution in [3.63, 3.8) is 0 Å². The van der Waals surface area contributed by atoms with Gasteiger partial charge in [0, 0.05) is 12.8 Å². The molecule has 1 N–H and O–H groups in total. The van der Waals surface area contributed by atoms with E-state index in [0.717, 1.165) is 11.3 Å². The van der Waals surface area contributed by atoms with Gasteiger partial charge >= 0.3 is 0 Å². The van der Waals surface area contributed by atoms with Crippen LogP contribution in [0.15, 0.2) is 24.3 Å². The minimum absolute atomic E-state index is 0.00505. The van der Waals surface area contributed by atoms with Crippen LogP contribution in [0, 0.1) is 0 Å². The van der Waals surface area contributed by atoms with Gasteiger partial charge in [-0.2, -0.15) is 5.21 Å². The summed E-state index contributed by atoms with van der Waals surface area (Å²) in [5.74, 6) is 1.12. The maximum Gasteiger partial charge on any atom is 0.223 e. The van der Waals surface area contributed by atoms with Gasteiger partial charge in [0.05, 0.1) is 19.5 Å². The molecule has 0 unspecified atom stereocenters. The lowest BCUT2D eigenvalue weighted by atomic mass is 9.86. The highest BCUT2D eigenvalue weighted by atomic mass is 16.5. The van der Waals surface area contributed by atoms with E-state index in [0.29, 0.717) is 18.9 Å². The summed E-state index contributed by atoms with van der Waals surface area (Å²) in [7, 11) is 0. The molecule has 1 aliphatic rings. The van der Waals surface area contributed by atoms with Crippen LogP contribution in [0.5, 0.6) is 5.75 Å². The van der Waals surface area contributed by atoms with E-state index >= 15 is 0 Å². The zero-order valence-electron chi connectivity index (χ0n) is 15.9. The fraction of sp³-hybridized carbons (Fsp3) is 0.526. The summed E-state index contributed by atoms with van der Waals surface area (Å²) in [6.07, 6.45) is 0.469. The molecule has 8 nitrogen and oxygen atoms in total. The fourth-order valence-electron chi connectivity index (χ4n) is 3.01. The standard InChI is InChI=1S/C19H25N5O3/c1-19(2,3)15-6-4-5-7-16(15)27-14-11-24(12-14)18(26)9-8-13(25)10-17-20-22-23-21-17/h4-7,14H,8-12H2,1-3H3,(H,20,21,22,23). The smallest absolute Gasteiger partial charge is 0.223 e. The number of H-pyrrole nitrogens is 1. The van der Waals surface area contributed by atoms with Crippen molar-refractivity contribution in [3.8, 4) is 5.75 Å². The maximum absolute atomic E-state index is 12.2. The number of nitrogens with zero attached hydrogens (tertiary/aromatic N) is 4. The maximum atomic E-state index is 12.2. The minimum Gasteiger partial charge on any atom is -0.486 e. The van der Waals surface area contributed by atoms with Gasteiger partial charge in [0.15, 0.2) is 5.82 Å². The van der Waals surface area contributed by atoms with Crippen LogP contribution in [0.2, 0.25) is 0 Å². The number of tetrazole rings is 1. The molecule has 1 aromatic heterocycles. The molecular formula is C19H25N5O3. The largest absolute Gasteiger partial charge is 0.486 e. The number of hydrogen-bond donors (Lipinski definition) is 1. The molecule has 2 heterocycles. The van der Waals surface area contributed by atoms with Crippen molar-refractivity contribution in [1.29, 1.82) is 0 Å². The van der Waals surface area contributed by atoms with Crippen LogP contribution < -0.4 is 4.74 Å². The zero-order chi connectivity index (χ0) is 19.4. The van der Waals surface area contributed by atoms with E-state index in [-0.39, 0.29) is 42.5 Å². The van der Waals surface area contributed by atoms with E-state index in [1.165, 1.54) is 0 Å². The molecule has 0 saturated carbocycles. The lowest BCUT2D eigenvalue weighted by Gasteiger charge is -2.40. The first-order valence-corrected chi connectivity index (χ1v) is 9.11. The normalized spacial score (nSPS) is 14.7. The number of carbonyl (C=O) groups is 2. The number of nitrogens with one attached hydrogen (secondary N) is 1. The number of benzene rings is 1. The highest BCUT2D eigenvalue weighted by Gasteiger charge is 2.33. The van der Waals surface area contributed by atoms with Crippen LogP contribution >= 0.6 is 0 Å².